The monoisotopic (exact) mass is 235 g/mol. The first-order valence-corrected chi connectivity index (χ1v) is 5.26. The van der Waals surface area contributed by atoms with E-state index in [4.69, 9.17) is 9.47 Å². The second-order valence-electron chi connectivity index (χ2n) is 3.73. The highest BCUT2D eigenvalue weighted by Crippen LogP contribution is 2.29. The fourth-order valence-electron chi connectivity index (χ4n) is 1.30. The number of methoxy groups -OCH3 is 1. The first-order chi connectivity index (χ1) is 8.02. The van der Waals surface area contributed by atoms with Crippen LogP contribution in [0.4, 0.5) is 0 Å². The molecule has 1 aromatic rings. The quantitative estimate of drug-likeness (QED) is 0.720. The number of hydrogen-bond acceptors (Lipinski definition) is 4. The van der Waals surface area contributed by atoms with Crippen molar-refractivity contribution < 1.29 is 19.4 Å². The summed E-state index contributed by atoms with van der Waals surface area (Å²) in [4.78, 5) is 10.3. The summed E-state index contributed by atoms with van der Waals surface area (Å²) in [7, 11) is 1.54. The third-order valence-electron chi connectivity index (χ3n) is 1.96. The highest BCUT2D eigenvalue weighted by Gasteiger charge is 2.06. The molecule has 0 atom stereocenters. The number of carboxylic acid groups (broad SMARTS) is 1. The zero-order chi connectivity index (χ0) is 12.8. The first kappa shape index (κ1) is 13.1. The van der Waals surface area contributed by atoms with Gasteiger partial charge in [-0.3, -0.25) is 0 Å². The van der Waals surface area contributed by atoms with Gasteiger partial charge in [-0.25, -0.2) is 0 Å². The number of aliphatic carboxylic acids is 1. The van der Waals surface area contributed by atoms with Crippen molar-refractivity contribution in [1.82, 2.24) is 0 Å². The standard InChI is InChI=1S/C13H16O4/c1-9(2)17-11-6-4-10(5-7-13(14)15)8-12(11)16-3/h4-9H,1-3H3,(H,14,15)/p-1. The molecule has 0 saturated heterocycles. The van der Waals surface area contributed by atoms with Gasteiger partial charge in [-0.05, 0) is 37.6 Å². The molecule has 0 radical (unpaired) electrons. The fourth-order valence-corrected chi connectivity index (χ4v) is 1.30. The van der Waals surface area contributed by atoms with Gasteiger partial charge in [0, 0.05) is 0 Å². The molecule has 0 aliphatic heterocycles. The Kier molecular flexibility index (Phi) is 4.57. The van der Waals surface area contributed by atoms with Crippen LogP contribution in [0.1, 0.15) is 19.4 Å². The minimum Gasteiger partial charge on any atom is -0.545 e. The Morgan fingerprint density at radius 2 is 2.06 bits per heavy atom. The topological polar surface area (TPSA) is 58.6 Å². The van der Waals surface area contributed by atoms with Gasteiger partial charge in [0.1, 0.15) is 0 Å². The van der Waals surface area contributed by atoms with E-state index < -0.39 is 5.97 Å². The van der Waals surface area contributed by atoms with Crippen molar-refractivity contribution in [2.24, 2.45) is 0 Å². The zero-order valence-electron chi connectivity index (χ0n) is 10.1. The molecule has 1 rings (SSSR count). The van der Waals surface area contributed by atoms with E-state index in [1.165, 1.54) is 13.2 Å². The molecule has 0 aromatic heterocycles. The molecule has 0 heterocycles. The normalized spacial score (nSPS) is 10.8. The van der Waals surface area contributed by atoms with Crippen molar-refractivity contribution in [2.75, 3.05) is 7.11 Å². The molecule has 0 spiro atoms. The van der Waals surface area contributed by atoms with E-state index in [2.05, 4.69) is 0 Å². The summed E-state index contributed by atoms with van der Waals surface area (Å²) in [5, 5.41) is 10.3. The number of carbonyl (C=O) groups excluding carboxylic acids is 1. The largest absolute Gasteiger partial charge is 0.545 e. The van der Waals surface area contributed by atoms with Gasteiger partial charge in [0.25, 0.3) is 0 Å². The van der Waals surface area contributed by atoms with Crippen LogP contribution in [0, 0.1) is 0 Å². The van der Waals surface area contributed by atoms with Crippen LogP contribution in [0.25, 0.3) is 6.08 Å². The fraction of sp³-hybridized carbons (Fsp3) is 0.308. The molecule has 0 bridgehead atoms. The summed E-state index contributed by atoms with van der Waals surface area (Å²) in [6, 6.07) is 5.20. The lowest BCUT2D eigenvalue weighted by Gasteiger charge is -2.13. The number of carboxylic acids is 1. The molecular weight excluding hydrogens is 220 g/mol. The minimum atomic E-state index is -1.23. The number of benzene rings is 1. The summed E-state index contributed by atoms with van der Waals surface area (Å²) < 4.78 is 10.7. The Labute approximate surface area is 100 Å². The van der Waals surface area contributed by atoms with Gasteiger partial charge in [-0.15, -0.1) is 0 Å². The Balaban J connectivity index is 2.95. The molecule has 0 amide bonds. The van der Waals surface area contributed by atoms with Crippen molar-refractivity contribution >= 4 is 12.0 Å². The number of rotatable bonds is 5. The molecule has 0 unspecified atom stereocenters. The van der Waals surface area contributed by atoms with Crippen LogP contribution in [-0.2, 0) is 4.79 Å². The van der Waals surface area contributed by atoms with Crippen molar-refractivity contribution in [3.8, 4) is 11.5 Å². The molecule has 0 aliphatic rings. The van der Waals surface area contributed by atoms with Crippen molar-refractivity contribution in [1.29, 1.82) is 0 Å². The second kappa shape index (κ2) is 5.94. The summed E-state index contributed by atoms with van der Waals surface area (Å²) >= 11 is 0. The zero-order valence-corrected chi connectivity index (χ0v) is 10.1. The van der Waals surface area contributed by atoms with Crippen LogP contribution in [0.3, 0.4) is 0 Å². The van der Waals surface area contributed by atoms with E-state index in [1.54, 1.807) is 18.2 Å². The molecule has 92 valence electrons. The third-order valence-corrected chi connectivity index (χ3v) is 1.96. The highest BCUT2D eigenvalue weighted by atomic mass is 16.5. The van der Waals surface area contributed by atoms with E-state index in [0.29, 0.717) is 17.1 Å². The molecule has 0 saturated carbocycles. The van der Waals surface area contributed by atoms with Crippen LogP contribution >= 0.6 is 0 Å². The lowest BCUT2D eigenvalue weighted by molar-refractivity contribution is -0.297. The van der Waals surface area contributed by atoms with E-state index in [1.807, 2.05) is 13.8 Å². The van der Waals surface area contributed by atoms with Crippen molar-refractivity contribution in [3.63, 3.8) is 0 Å². The average Bonchev–Trinajstić information content (AvgIpc) is 2.26. The van der Waals surface area contributed by atoms with Crippen LogP contribution in [-0.4, -0.2) is 19.2 Å². The van der Waals surface area contributed by atoms with E-state index in [-0.39, 0.29) is 6.10 Å². The predicted octanol–water partition coefficient (Wildman–Crippen LogP) is 1.25. The van der Waals surface area contributed by atoms with Gasteiger partial charge in [0.05, 0.1) is 19.2 Å². The SMILES string of the molecule is COc1cc(C=CC(=O)[O-])ccc1OC(C)C. The highest BCUT2D eigenvalue weighted by molar-refractivity contribution is 5.83. The second-order valence-corrected chi connectivity index (χ2v) is 3.73. The van der Waals surface area contributed by atoms with Crippen LogP contribution in [0.15, 0.2) is 24.3 Å². The maximum Gasteiger partial charge on any atom is 0.161 e. The van der Waals surface area contributed by atoms with Crippen molar-refractivity contribution in [3.05, 3.63) is 29.8 Å². The van der Waals surface area contributed by atoms with Crippen LogP contribution in [0.5, 0.6) is 11.5 Å². The van der Waals surface area contributed by atoms with Gasteiger partial charge in [-0.2, -0.15) is 0 Å². The Morgan fingerprint density at radius 1 is 1.35 bits per heavy atom. The van der Waals surface area contributed by atoms with Gasteiger partial charge in [-0.1, -0.05) is 12.1 Å². The lowest BCUT2D eigenvalue weighted by atomic mass is 10.2. The number of hydrogen-bond donors (Lipinski definition) is 0. The Morgan fingerprint density at radius 3 is 2.59 bits per heavy atom. The maximum atomic E-state index is 10.3. The van der Waals surface area contributed by atoms with E-state index in [0.717, 1.165) is 6.08 Å². The summed E-state index contributed by atoms with van der Waals surface area (Å²) in [5.74, 6) is -0.0289. The van der Waals surface area contributed by atoms with Gasteiger partial charge >= 0.3 is 0 Å². The molecule has 4 heteroatoms. The Bertz CT molecular complexity index is 421. The molecule has 0 fully saturated rings. The van der Waals surface area contributed by atoms with Gasteiger partial charge in [0.15, 0.2) is 11.5 Å². The summed E-state index contributed by atoms with van der Waals surface area (Å²) in [5.41, 5.74) is 0.710. The average molecular weight is 235 g/mol. The molecule has 0 aliphatic carbocycles. The molecule has 1 aromatic carbocycles. The van der Waals surface area contributed by atoms with Crippen molar-refractivity contribution in [2.45, 2.75) is 20.0 Å². The molecular formula is C13H15O4-. The number of ether oxygens (including phenoxy) is 2. The summed E-state index contributed by atoms with van der Waals surface area (Å²) in [6.45, 7) is 3.84. The Hall–Kier alpha value is -1.97. The predicted molar refractivity (Wildman–Crippen MR) is 62.8 cm³/mol. The van der Waals surface area contributed by atoms with Gasteiger partial charge < -0.3 is 19.4 Å². The van der Waals surface area contributed by atoms with Crippen LogP contribution < -0.4 is 14.6 Å². The molecule has 4 nitrogen and oxygen atoms in total. The first-order valence-electron chi connectivity index (χ1n) is 5.26. The smallest absolute Gasteiger partial charge is 0.161 e. The third kappa shape index (κ3) is 4.18. The maximum absolute atomic E-state index is 10.3. The lowest BCUT2D eigenvalue weighted by Crippen LogP contribution is -2.18. The number of carbonyl (C=O) groups is 1. The van der Waals surface area contributed by atoms with E-state index in [9.17, 15) is 9.90 Å². The molecule has 0 N–H and O–H groups in total. The van der Waals surface area contributed by atoms with E-state index >= 15 is 0 Å². The van der Waals surface area contributed by atoms with Gasteiger partial charge in [0.2, 0.25) is 0 Å². The van der Waals surface area contributed by atoms with Crippen LogP contribution in [0.2, 0.25) is 0 Å². The molecule has 17 heavy (non-hydrogen) atoms. The summed E-state index contributed by atoms with van der Waals surface area (Å²) in [6.07, 6.45) is 2.46. The minimum absolute atomic E-state index is 0.0495.